The summed E-state index contributed by atoms with van der Waals surface area (Å²) in [4.78, 5) is 12.3. The van der Waals surface area contributed by atoms with Crippen LogP contribution in [0.3, 0.4) is 0 Å². The molecule has 2 aliphatic carbocycles. The van der Waals surface area contributed by atoms with Crippen molar-refractivity contribution in [3.05, 3.63) is 0 Å². The Labute approximate surface area is 116 Å². The molecular weight excluding hydrogens is 240 g/mol. The minimum atomic E-state index is 0.0284. The van der Waals surface area contributed by atoms with E-state index in [2.05, 4.69) is 5.32 Å². The Kier molecular flexibility index (Phi) is 5.22. The number of hydrogen-bond donors (Lipinski definition) is 2. The van der Waals surface area contributed by atoms with Gasteiger partial charge in [0.15, 0.2) is 0 Å². The number of hydrogen-bond acceptors (Lipinski definition) is 3. The van der Waals surface area contributed by atoms with Crippen LogP contribution < -0.4 is 11.1 Å². The van der Waals surface area contributed by atoms with Crippen LogP contribution in [0.1, 0.15) is 51.4 Å². The topological polar surface area (TPSA) is 64.3 Å². The van der Waals surface area contributed by atoms with E-state index in [0.717, 1.165) is 38.8 Å². The van der Waals surface area contributed by atoms with Gasteiger partial charge in [-0.25, -0.2) is 0 Å². The number of rotatable bonds is 6. The fourth-order valence-electron chi connectivity index (χ4n) is 3.08. The van der Waals surface area contributed by atoms with Gasteiger partial charge in [-0.2, -0.15) is 0 Å². The van der Waals surface area contributed by atoms with Crippen LogP contribution in [0.5, 0.6) is 0 Å². The molecule has 0 aromatic rings. The first-order chi connectivity index (χ1) is 9.17. The van der Waals surface area contributed by atoms with Gasteiger partial charge in [0.05, 0.1) is 5.92 Å². The average Bonchev–Trinajstić information content (AvgIpc) is 3.19. The first kappa shape index (κ1) is 14.8. The molecule has 2 saturated carbocycles. The summed E-state index contributed by atoms with van der Waals surface area (Å²) in [5, 5.41) is 3.15. The van der Waals surface area contributed by atoms with E-state index >= 15 is 0 Å². The predicted molar refractivity (Wildman–Crippen MR) is 75.7 cm³/mol. The molecule has 1 amide bonds. The van der Waals surface area contributed by atoms with Gasteiger partial charge in [0.25, 0.3) is 0 Å². The SMILES string of the molecule is COCCC1(CNC(=O)C2CCCCCC2N)CC1. The summed E-state index contributed by atoms with van der Waals surface area (Å²) in [6.45, 7) is 1.59. The maximum Gasteiger partial charge on any atom is 0.224 e. The van der Waals surface area contributed by atoms with Crippen LogP contribution >= 0.6 is 0 Å². The second kappa shape index (κ2) is 6.71. The van der Waals surface area contributed by atoms with Crippen molar-refractivity contribution in [2.45, 2.75) is 57.4 Å². The molecule has 0 aromatic heterocycles. The third-order valence-corrected chi connectivity index (χ3v) is 4.84. The second-order valence-corrected chi connectivity index (χ2v) is 6.37. The smallest absolute Gasteiger partial charge is 0.224 e. The fraction of sp³-hybridized carbons (Fsp3) is 0.933. The van der Waals surface area contributed by atoms with Gasteiger partial charge in [0.1, 0.15) is 0 Å². The number of methoxy groups -OCH3 is 1. The lowest BCUT2D eigenvalue weighted by atomic mass is 9.94. The van der Waals surface area contributed by atoms with Crippen LogP contribution in [0.2, 0.25) is 0 Å². The summed E-state index contributed by atoms with van der Waals surface area (Å²) in [6, 6.07) is 0.0524. The summed E-state index contributed by atoms with van der Waals surface area (Å²) in [5.74, 6) is 0.207. The van der Waals surface area contributed by atoms with Crippen LogP contribution in [-0.2, 0) is 9.53 Å². The Morgan fingerprint density at radius 1 is 1.32 bits per heavy atom. The number of carbonyl (C=O) groups is 1. The lowest BCUT2D eigenvalue weighted by Gasteiger charge is -2.22. The van der Waals surface area contributed by atoms with Gasteiger partial charge in [-0.05, 0) is 37.5 Å². The molecule has 0 bridgehead atoms. The minimum Gasteiger partial charge on any atom is -0.385 e. The number of nitrogens with two attached hydrogens (primary N) is 1. The molecule has 3 N–H and O–H groups in total. The van der Waals surface area contributed by atoms with Crippen molar-refractivity contribution in [1.82, 2.24) is 5.32 Å². The third kappa shape index (κ3) is 4.18. The van der Waals surface area contributed by atoms with E-state index in [1.807, 2.05) is 0 Å². The molecule has 2 aliphatic rings. The van der Waals surface area contributed by atoms with Crippen molar-refractivity contribution >= 4 is 5.91 Å². The summed E-state index contributed by atoms with van der Waals surface area (Å²) < 4.78 is 5.14. The second-order valence-electron chi connectivity index (χ2n) is 6.37. The van der Waals surface area contributed by atoms with E-state index < -0.39 is 0 Å². The van der Waals surface area contributed by atoms with Crippen LogP contribution in [-0.4, -0.2) is 32.2 Å². The molecular formula is C15H28N2O2. The van der Waals surface area contributed by atoms with E-state index in [9.17, 15) is 4.79 Å². The van der Waals surface area contributed by atoms with E-state index in [4.69, 9.17) is 10.5 Å². The first-order valence-electron chi connectivity index (χ1n) is 7.69. The highest BCUT2D eigenvalue weighted by molar-refractivity contribution is 5.79. The predicted octanol–water partition coefficient (Wildman–Crippen LogP) is 1.83. The molecule has 4 heteroatoms. The molecule has 0 radical (unpaired) electrons. The maximum atomic E-state index is 12.3. The minimum absolute atomic E-state index is 0.0284. The van der Waals surface area contributed by atoms with E-state index in [1.165, 1.54) is 25.7 Å². The van der Waals surface area contributed by atoms with Gasteiger partial charge >= 0.3 is 0 Å². The fourth-order valence-corrected chi connectivity index (χ4v) is 3.08. The zero-order valence-electron chi connectivity index (χ0n) is 12.1. The van der Waals surface area contributed by atoms with Gasteiger partial charge < -0.3 is 15.8 Å². The number of nitrogens with one attached hydrogen (secondary N) is 1. The van der Waals surface area contributed by atoms with Crippen LogP contribution in [0.4, 0.5) is 0 Å². The molecule has 2 atom stereocenters. The number of ether oxygens (including phenoxy) is 1. The van der Waals surface area contributed by atoms with Crippen molar-refractivity contribution in [3.8, 4) is 0 Å². The zero-order chi connectivity index (χ0) is 13.7. The summed E-state index contributed by atoms with van der Waals surface area (Å²) in [7, 11) is 1.74. The molecule has 110 valence electrons. The summed E-state index contributed by atoms with van der Waals surface area (Å²) in [5.41, 5.74) is 6.45. The molecule has 0 saturated heterocycles. The van der Waals surface area contributed by atoms with Gasteiger partial charge in [-0.3, -0.25) is 4.79 Å². The Bertz CT molecular complexity index is 303. The molecule has 0 aliphatic heterocycles. The molecule has 19 heavy (non-hydrogen) atoms. The van der Waals surface area contributed by atoms with Gasteiger partial charge in [0.2, 0.25) is 5.91 Å². The van der Waals surface area contributed by atoms with Gasteiger partial charge in [-0.1, -0.05) is 19.3 Å². The molecule has 4 nitrogen and oxygen atoms in total. The van der Waals surface area contributed by atoms with Crippen molar-refractivity contribution in [1.29, 1.82) is 0 Å². The number of amides is 1. The lowest BCUT2D eigenvalue weighted by molar-refractivity contribution is -0.126. The zero-order valence-corrected chi connectivity index (χ0v) is 12.1. The summed E-state index contributed by atoms with van der Waals surface area (Å²) in [6.07, 6.45) is 8.96. The highest BCUT2D eigenvalue weighted by atomic mass is 16.5. The highest BCUT2D eigenvalue weighted by Crippen LogP contribution is 2.48. The van der Waals surface area contributed by atoms with Crippen LogP contribution in [0, 0.1) is 11.3 Å². The first-order valence-corrected chi connectivity index (χ1v) is 7.69. The molecule has 0 heterocycles. The Morgan fingerprint density at radius 3 is 2.74 bits per heavy atom. The van der Waals surface area contributed by atoms with E-state index in [0.29, 0.717) is 5.41 Å². The van der Waals surface area contributed by atoms with Crippen LogP contribution in [0.25, 0.3) is 0 Å². The van der Waals surface area contributed by atoms with Crippen molar-refractivity contribution in [3.63, 3.8) is 0 Å². The van der Waals surface area contributed by atoms with Crippen molar-refractivity contribution < 1.29 is 9.53 Å². The maximum absolute atomic E-state index is 12.3. The largest absolute Gasteiger partial charge is 0.385 e. The Balaban J connectivity index is 1.77. The lowest BCUT2D eigenvalue weighted by Crippen LogP contribution is -2.43. The quantitative estimate of drug-likeness (QED) is 0.722. The molecule has 2 unspecified atom stereocenters. The molecule has 0 spiro atoms. The monoisotopic (exact) mass is 268 g/mol. The Hall–Kier alpha value is -0.610. The standard InChI is InChI=1S/C15H28N2O2/c1-19-10-9-15(7-8-15)11-17-14(18)12-5-3-2-4-6-13(12)16/h12-13H,2-11,16H2,1H3,(H,17,18). The van der Waals surface area contributed by atoms with Crippen molar-refractivity contribution in [2.75, 3.05) is 20.3 Å². The molecule has 2 rings (SSSR count). The third-order valence-electron chi connectivity index (χ3n) is 4.84. The molecule has 2 fully saturated rings. The number of carbonyl (C=O) groups excluding carboxylic acids is 1. The normalized spacial score (nSPS) is 29.6. The van der Waals surface area contributed by atoms with E-state index in [-0.39, 0.29) is 17.9 Å². The average molecular weight is 268 g/mol. The van der Waals surface area contributed by atoms with Gasteiger partial charge in [0, 0.05) is 26.3 Å². The summed E-state index contributed by atoms with van der Waals surface area (Å²) >= 11 is 0. The van der Waals surface area contributed by atoms with Crippen molar-refractivity contribution in [2.24, 2.45) is 17.1 Å². The Morgan fingerprint density at radius 2 is 2.05 bits per heavy atom. The molecule has 0 aromatic carbocycles. The van der Waals surface area contributed by atoms with Crippen LogP contribution in [0.15, 0.2) is 0 Å². The van der Waals surface area contributed by atoms with E-state index in [1.54, 1.807) is 7.11 Å². The highest BCUT2D eigenvalue weighted by Gasteiger charge is 2.42. The van der Waals surface area contributed by atoms with Gasteiger partial charge in [-0.15, -0.1) is 0 Å².